The van der Waals surface area contributed by atoms with Crippen LogP contribution in [0.4, 0.5) is 0 Å². The third kappa shape index (κ3) is 4.42. The lowest BCUT2D eigenvalue weighted by atomic mass is 10.1. The predicted molar refractivity (Wildman–Crippen MR) is 121 cm³/mol. The molecular formula is C24H23NO2S2. The van der Waals surface area contributed by atoms with Crippen molar-refractivity contribution in [1.29, 1.82) is 0 Å². The molecule has 0 saturated heterocycles. The van der Waals surface area contributed by atoms with E-state index in [1.165, 1.54) is 0 Å². The molecule has 148 valence electrons. The second-order valence-electron chi connectivity index (χ2n) is 7.11. The van der Waals surface area contributed by atoms with E-state index in [1.54, 1.807) is 27.8 Å². The van der Waals surface area contributed by atoms with Crippen LogP contribution in [-0.4, -0.2) is 19.3 Å². The smallest absolute Gasteiger partial charge is 0.207 e. The Morgan fingerprint density at radius 1 is 0.862 bits per heavy atom. The summed E-state index contributed by atoms with van der Waals surface area (Å²) in [6, 6.07) is 25.3. The lowest BCUT2D eigenvalue weighted by molar-refractivity contribution is 0.412. The maximum atomic E-state index is 13.6. The molecule has 0 atom stereocenters. The molecule has 3 aromatic carbocycles. The zero-order chi connectivity index (χ0) is 20.3. The molecule has 0 bridgehead atoms. The number of nitrogens with zero attached hydrogens (tertiary/aromatic N) is 1. The van der Waals surface area contributed by atoms with Gasteiger partial charge in [0.2, 0.25) is 10.0 Å². The number of hydrogen-bond donors (Lipinski definition) is 0. The number of hydrogen-bond acceptors (Lipinski definition) is 3. The first-order chi connectivity index (χ1) is 14.0. The Labute approximate surface area is 176 Å². The van der Waals surface area contributed by atoms with Gasteiger partial charge in [0.1, 0.15) is 0 Å². The minimum Gasteiger partial charge on any atom is -0.207 e. The monoisotopic (exact) mass is 421 g/mol. The van der Waals surface area contributed by atoms with Gasteiger partial charge in [0, 0.05) is 18.0 Å². The number of aryl methyl sites for hydroxylation is 1. The largest absolute Gasteiger partial charge is 0.243 e. The van der Waals surface area contributed by atoms with E-state index < -0.39 is 10.0 Å². The van der Waals surface area contributed by atoms with Crippen LogP contribution in [0.2, 0.25) is 0 Å². The Hall–Kier alpha value is -2.47. The van der Waals surface area contributed by atoms with Gasteiger partial charge in [-0.3, -0.25) is 0 Å². The van der Waals surface area contributed by atoms with E-state index in [4.69, 9.17) is 0 Å². The zero-order valence-electron chi connectivity index (χ0n) is 16.3. The minimum absolute atomic E-state index is 0.346. The summed E-state index contributed by atoms with van der Waals surface area (Å²) in [6.45, 7) is 2.87. The SMILES string of the molecule is Cc1ccsc1CN(CCc1ccccc1)S(=O)(=O)c1ccc2ccccc2c1. The van der Waals surface area contributed by atoms with Crippen molar-refractivity contribution in [1.82, 2.24) is 4.31 Å². The van der Waals surface area contributed by atoms with Crippen LogP contribution < -0.4 is 0 Å². The topological polar surface area (TPSA) is 37.4 Å². The van der Waals surface area contributed by atoms with Gasteiger partial charge in [-0.15, -0.1) is 11.3 Å². The first-order valence-electron chi connectivity index (χ1n) is 9.60. The van der Waals surface area contributed by atoms with Crippen molar-refractivity contribution in [2.75, 3.05) is 6.54 Å². The summed E-state index contributed by atoms with van der Waals surface area (Å²) in [4.78, 5) is 1.43. The lowest BCUT2D eigenvalue weighted by Gasteiger charge is -2.22. The highest BCUT2D eigenvalue weighted by Gasteiger charge is 2.25. The average Bonchev–Trinajstić information content (AvgIpc) is 3.15. The highest BCUT2D eigenvalue weighted by molar-refractivity contribution is 7.89. The van der Waals surface area contributed by atoms with Crippen molar-refractivity contribution < 1.29 is 8.42 Å². The van der Waals surface area contributed by atoms with E-state index in [1.807, 2.05) is 79.0 Å². The molecule has 4 rings (SSSR count). The number of rotatable bonds is 7. The van der Waals surface area contributed by atoms with Gasteiger partial charge in [0.05, 0.1) is 4.90 Å². The van der Waals surface area contributed by atoms with Crippen molar-refractivity contribution in [2.24, 2.45) is 0 Å². The Morgan fingerprint density at radius 3 is 2.31 bits per heavy atom. The Bertz CT molecular complexity index is 1210. The molecule has 0 radical (unpaired) electrons. The summed E-state index contributed by atoms with van der Waals surface area (Å²) in [5.74, 6) is 0. The van der Waals surface area contributed by atoms with Crippen LogP contribution in [0, 0.1) is 6.92 Å². The van der Waals surface area contributed by atoms with Crippen molar-refractivity contribution >= 4 is 32.1 Å². The van der Waals surface area contributed by atoms with Gasteiger partial charge in [-0.1, -0.05) is 60.7 Å². The fraction of sp³-hybridized carbons (Fsp3) is 0.167. The molecule has 0 aliphatic carbocycles. The van der Waals surface area contributed by atoms with Gasteiger partial charge >= 0.3 is 0 Å². The summed E-state index contributed by atoms with van der Waals surface area (Å²) >= 11 is 1.61. The fourth-order valence-corrected chi connectivity index (χ4v) is 5.83. The van der Waals surface area contributed by atoms with Crippen molar-refractivity contribution in [2.45, 2.75) is 24.8 Å². The molecule has 0 aliphatic rings. The van der Waals surface area contributed by atoms with Gasteiger partial charge in [-0.05, 0) is 58.8 Å². The third-order valence-electron chi connectivity index (χ3n) is 5.14. The second-order valence-corrected chi connectivity index (χ2v) is 10.0. The fourth-order valence-electron chi connectivity index (χ4n) is 3.39. The molecule has 29 heavy (non-hydrogen) atoms. The predicted octanol–water partition coefficient (Wildman–Crippen LogP) is 5.64. The molecule has 4 aromatic rings. The van der Waals surface area contributed by atoms with Crippen molar-refractivity contribution in [3.63, 3.8) is 0 Å². The van der Waals surface area contributed by atoms with Crippen LogP contribution in [0.5, 0.6) is 0 Å². The van der Waals surface area contributed by atoms with Crippen molar-refractivity contribution in [3.05, 3.63) is 100 Å². The van der Waals surface area contributed by atoms with Gasteiger partial charge in [0.25, 0.3) is 0 Å². The molecular weight excluding hydrogens is 398 g/mol. The van der Waals surface area contributed by atoms with E-state index in [-0.39, 0.29) is 0 Å². The van der Waals surface area contributed by atoms with Crippen LogP contribution in [-0.2, 0) is 23.0 Å². The van der Waals surface area contributed by atoms with E-state index in [0.29, 0.717) is 24.4 Å². The minimum atomic E-state index is -3.62. The standard InChI is InChI=1S/C24H23NO2S2/c1-19-14-16-28-24(19)18-25(15-13-20-7-3-2-4-8-20)29(26,27)23-12-11-21-9-5-6-10-22(21)17-23/h2-12,14,16-17H,13,15,18H2,1H3. The normalized spacial score (nSPS) is 11.9. The number of sulfonamides is 1. The van der Waals surface area contributed by atoms with Crippen LogP contribution in [0.15, 0.2) is 89.1 Å². The molecule has 1 aromatic heterocycles. The molecule has 0 saturated carbocycles. The van der Waals surface area contributed by atoms with Crippen LogP contribution in [0.3, 0.4) is 0 Å². The van der Waals surface area contributed by atoms with E-state index >= 15 is 0 Å². The number of thiophene rings is 1. The lowest BCUT2D eigenvalue weighted by Crippen LogP contribution is -2.32. The Balaban J connectivity index is 1.68. The van der Waals surface area contributed by atoms with Crippen LogP contribution in [0.1, 0.15) is 16.0 Å². The molecule has 3 nitrogen and oxygen atoms in total. The number of fused-ring (bicyclic) bond motifs is 1. The summed E-state index contributed by atoms with van der Waals surface area (Å²) in [7, 11) is -3.62. The quantitative estimate of drug-likeness (QED) is 0.387. The Kier molecular flexibility index (Phi) is 5.81. The van der Waals surface area contributed by atoms with E-state index in [0.717, 1.165) is 26.8 Å². The third-order valence-corrected chi connectivity index (χ3v) is 7.99. The summed E-state index contributed by atoms with van der Waals surface area (Å²) in [5, 5.41) is 3.99. The highest BCUT2D eigenvalue weighted by atomic mass is 32.2. The van der Waals surface area contributed by atoms with Gasteiger partial charge in [-0.2, -0.15) is 4.31 Å². The second kappa shape index (κ2) is 8.49. The Morgan fingerprint density at radius 2 is 1.59 bits per heavy atom. The van der Waals surface area contributed by atoms with E-state index in [2.05, 4.69) is 0 Å². The number of benzene rings is 3. The maximum absolute atomic E-state index is 13.6. The van der Waals surface area contributed by atoms with Gasteiger partial charge in [0.15, 0.2) is 0 Å². The molecule has 0 aliphatic heterocycles. The molecule has 0 fully saturated rings. The molecule has 1 heterocycles. The van der Waals surface area contributed by atoms with Gasteiger partial charge in [-0.25, -0.2) is 8.42 Å². The molecule has 0 spiro atoms. The van der Waals surface area contributed by atoms with Crippen LogP contribution in [0.25, 0.3) is 10.8 Å². The summed E-state index contributed by atoms with van der Waals surface area (Å²) in [6.07, 6.45) is 0.679. The summed E-state index contributed by atoms with van der Waals surface area (Å²) < 4.78 is 28.7. The first kappa shape index (κ1) is 19.8. The molecule has 0 unspecified atom stereocenters. The molecule has 0 amide bonds. The zero-order valence-corrected chi connectivity index (χ0v) is 17.9. The van der Waals surface area contributed by atoms with Crippen molar-refractivity contribution in [3.8, 4) is 0 Å². The van der Waals surface area contributed by atoms with E-state index in [9.17, 15) is 8.42 Å². The first-order valence-corrected chi connectivity index (χ1v) is 11.9. The van der Waals surface area contributed by atoms with Gasteiger partial charge < -0.3 is 0 Å². The maximum Gasteiger partial charge on any atom is 0.243 e. The molecule has 0 N–H and O–H groups in total. The van der Waals surface area contributed by atoms with Crippen LogP contribution >= 0.6 is 11.3 Å². The summed E-state index contributed by atoms with van der Waals surface area (Å²) in [5.41, 5.74) is 2.27. The highest BCUT2D eigenvalue weighted by Crippen LogP contribution is 2.26. The molecule has 5 heteroatoms. The average molecular weight is 422 g/mol.